The van der Waals surface area contributed by atoms with Crippen molar-refractivity contribution in [1.29, 1.82) is 0 Å². The predicted octanol–water partition coefficient (Wildman–Crippen LogP) is -1.82. The van der Waals surface area contributed by atoms with Gasteiger partial charge in [0.05, 0.1) is 20.3 Å². The van der Waals surface area contributed by atoms with Gasteiger partial charge in [-0.15, -0.1) is 0 Å². The van der Waals surface area contributed by atoms with E-state index in [1.54, 1.807) is 12.1 Å². The molecular weight excluding hydrogens is 576 g/mol. The smallest absolute Gasteiger partial charge is 0.229 e. The van der Waals surface area contributed by atoms with Crippen molar-refractivity contribution in [3.63, 3.8) is 0 Å². The number of phenolic OH excluding ortho intramolecular Hbond substituents is 1. The monoisotopic (exact) mass is 608 g/mol. The highest BCUT2D eigenvalue weighted by atomic mass is 16.7. The molecule has 1 aromatic heterocycles. The standard InChI is InChI=1S/C28H32O15/c1-38-13-6-16-20(14(31)8-15(40-16)11-2-4-12(30)5-3-11)17(7-13)41-28-26(37)24(35)22(33)19(43-28)10-39-27-25(36)23(34)21(32)18(9-29)42-27/h2-8,18-19,21-30,32-37H,9-10H2,1H3/t18-,19-,21+,22+,23-,24-,25-,26-,27-,28+/m1/s1. The van der Waals surface area contributed by atoms with Crippen LogP contribution >= 0.6 is 0 Å². The molecule has 15 heteroatoms. The first-order valence-electron chi connectivity index (χ1n) is 13.3. The van der Waals surface area contributed by atoms with Gasteiger partial charge in [-0.25, -0.2) is 0 Å². The Bertz CT molecular complexity index is 1460. The average molecular weight is 609 g/mol. The van der Waals surface area contributed by atoms with Gasteiger partial charge in [0.25, 0.3) is 0 Å². The summed E-state index contributed by atoms with van der Waals surface area (Å²) in [7, 11) is 1.37. The molecular formula is C28H32O15. The fraction of sp³-hybridized carbons (Fsp3) is 0.464. The van der Waals surface area contributed by atoms with E-state index in [4.69, 9.17) is 28.1 Å². The van der Waals surface area contributed by atoms with E-state index < -0.39 is 80.1 Å². The van der Waals surface area contributed by atoms with Crippen LogP contribution in [0, 0.1) is 0 Å². The second-order valence-electron chi connectivity index (χ2n) is 10.2. The van der Waals surface area contributed by atoms with E-state index >= 15 is 0 Å². The second-order valence-corrected chi connectivity index (χ2v) is 10.2. The number of benzene rings is 2. The Hall–Kier alpha value is -3.35. The zero-order valence-corrected chi connectivity index (χ0v) is 22.7. The van der Waals surface area contributed by atoms with Crippen molar-refractivity contribution in [1.82, 2.24) is 0 Å². The highest BCUT2D eigenvalue weighted by molar-refractivity contribution is 5.86. The minimum Gasteiger partial charge on any atom is -0.508 e. The van der Waals surface area contributed by atoms with Crippen molar-refractivity contribution in [3.8, 4) is 28.6 Å². The highest BCUT2D eigenvalue weighted by Crippen LogP contribution is 2.35. The maximum Gasteiger partial charge on any atom is 0.229 e. The number of phenols is 1. The minimum atomic E-state index is -1.81. The molecule has 234 valence electrons. The van der Waals surface area contributed by atoms with Crippen molar-refractivity contribution in [2.24, 2.45) is 0 Å². The Balaban J connectivity index is 1.39. The van der Waals surface area contributed by atoms with Gasteiger partial charge < -0.3 is 69.0 Å². The molecule has 10 atom stereocenters. The maximum absolute atomic E-state index is 13.2. The molecule has 2 aromatic carbocycles. The summed E-state index contributed by atoms with van der Waals surface area (Å²) in [4.78, 5) is 13.2. The molecule has 3 aromatic rings. The summed E-state index contributed by atoms with van der Waals surface area (Å²) in [6, 6.07) is 9.97. The molecule has 0 unspecified atom stereocenters. The number of aromatic hydroxyl groups is 1. The van der Waals surface area contributed by atoms with Crippen LogP contribution in [0.3, 0.4) is 0 Å². The van der Waals surface area contributed by atoms with Gasteiger partial charge in [-0.2, -0.15) is 0 Å². The topological polar surface area (TPSA) is 238 Å². The van der Waals surface area contributed by atoms with Crippen LogP contribution in [0.5, 0.6) is 17.2 Å². The van der Waals surface area contributed by atoms with Crippen LogP contribution in [-0.2, 0) is 14.2 Å². The van der Waals surface area contributed by atoms with Crippen LogP contribution in [0.1, 0.15) is 0 Å². The highest BCUT2D eigenvalue weighted by Gasteiger charge is 2.48. The van der Waals surface area contributed by atoms with Crippen LogP contribution in [0.4, 0.5) is 0 Å². The summed E-state index contributed by atoms with van der Waals surface area (Å²) in [6.07, 6.45) is -16.2. The summed E-state index contributed by atoms with van der Waals surface area (Å²) in [6.45, 7) is -1.25. The Morgan fingerprint density at radius 1 is 0.791 bits per heavy atom. The number of hydrogen-bond donors (Lipinski definition) is 8. The fourth-order valence-corrected chi connectivity index (χ4v) is 4.88. The number of methoxy groups -OCH3 is 1. The Morgan fingerprint density at radius 2 is 1.42 bits per heavy atom. The fourth-order valence-electron chi connectivity index (χ4n) is 4.88. The van der Waals surface area contributed by atoms with Crippen molar-refractivity contribution in [2.75, 3.05) is 20.3 Å². The SMILES string of the molecule is COc1cc(O[C@H]2O[C@H](CO[C@@H]3O[C@H](CO)[C@H](O)[C@@H](O)[C@H]3O)[C@H](O)[C@@H](O)[C@H]2O)c2c(=O)cc(-c3ccc(O)cc3)oc2c1. The molecule has 2 fully saturated rings. The lowest BCUT2D eigenvalue weighted by Crippen LogP contribution is -2.62. The molecule has 0 bridgehead atoms. The van der Waals surface area contributed by atoms with E-state index in [1.807, 2.05) is 0 Å². The van der Waals surface area contributed by atoms with Gasteiger partial charge in [0.15, 0.2) is 11.7 Å². The molecule has 3 heterocycles. The van der Waals surface area contributed by atoms with Gasteiger partial charge in [-0.3, -0.25) is 4.79 Å². The lowest BCUT2D eigenvalue weighted by molar-refractivity contribution is -0.323. The molecule has 0 spiro atoms. The second kappa shape index (κ2) is 12.7. The van der Waals surface area contributed by atoms with E-state index in [-0.39, 0.29) is 34.0 Å². The van der Waals surface area contributed by atoms with Crippen molar-refractivity contribution in [3.05, 3.63) is 52.7 Å². The normalized spacial score (nSPS) is 32.9. The molecule has 0 saturated carbocycles. The van der Waals surface area contributed by atoms with Crippen LogP contribution in [0.2, 0.25) is 0 Å². The average Bonchev–Trinajstić information content (AvgIpc) is 3.00. The van der Waals surface area contributed by atoms with Gasteiger partial charge in [0.2, 0.25) is 6.29 Å². The first-order valence-corrected chi connectivity index (χ1v) is 13.3. The molecule has 5 rings (SSSR count). The Morgan fingerprint density at radius 3 is 2.07 bits per heavy atom. The zero-order chi connectivity index (χ0) is 31.0. The summed E-state index contributed by atoms with van der Waals surface area (Å²) >= 11 is 0. The van der Waals surface area contributed by atoms with Gasteiger partial charge in [-0.05, 0) is 24.3 Å². The van der Waals surface area contributed by atoms with E-state index in [0.717, 1.165) is 0 Å². The maximum atomic E-state index is 13.2. The van der Waals surface area contributed by atoms with E-state index in [2.05, 4.69) is 0 Å². The number of rotatable bonds is 8. The van der Waals surface area contributed by atoms with E-state index in [9.17, 15) is 45.6 Å². The molecule has 0 radical (unpaired) electrons. The van der Waals surface area contributed by atoms with Crippen LogP contribution in [-0.4, -0.2) is 123 Å². The van der Waals surface area contributed by atoms with E-state index in [1.165, 1.54) is 37.4 Å². The third-order valence-electron chi connectivity index (χ3n) is 7.34. The third kappa shape index (κ3) is 6.18. The predicted molar refractivity (Wildman–Crippen MR) is 143 cm³/mol. The van der Waals surface area contributed by atoms with E-state index in [0.29, 0.717) is 5.56 Å². The number of aliphatic hydroxyl groups excluding tert-OH is 7. The van der Waals surface area contributed by atoms with Crippen molar-refractivity contribution < 1.29 is 69.0 Å². The third-order valence-corrected chi connectivity index (χ3v) is 7.34. The first kappa shape index (κ1) is 31.1. The molecule has 2 aliphatic rings. The van der Waals surface area contributed by atoms with Gasteiger partial charge in [0, 0.05) is 23.8 Å². The molecule has 8 N–H and O–H groups in total. The molecule has 43 heavy (non-hydrogen) atoms. The molecule has 0 aliphatic carbocycles. The first-order chi connectivity index (χ1) is 20.5. The minimum absolute atomic E-state index is 0.0273. The van der Waals surface area contributed by atoms with Gasteiger partial charge >= 0.3 is 0 Å². The van der Waals surface area contributed by atoms with Crippen molar-refractivity contribution in [2.45, 2.75) is 61.4 Å². The Kier molecular flexibility index (Phi) is 9.19. The lowest BCUT2D eigenvalue weighted by atomic mass is 9.98. The summed E-state index contributed by atoms with van der Waals surface area (Å²) in [5.74, 6) is 0.289. The summed E-state index contributed by atoms with van der Waals surface area (Å²) in [5.41, 5.74) is 0.0288. The van der Waals surface area contributed by atoms with Gasteiger partial charge in [-0.1, -0.05) is 0 Å². The lowest BCUT2D eigenvalue weighted by Gasteiger charge is -2.42. The van der Waals surface area contributed by atoms with Crippen LogP contribution in [0.15, 0.2) is 51.7 Å². The Labute approximate surface area is 243 Å². The van der Waals surface area contributed by atoms with Gasteiger partial charge in [0.1, 0.15) is 82.8 Å². The van der Waals surface area contributed by atoms with Crippen LogP contribution < -0.4 is 14.9 Å². The largest absolute Gasteiger partial charge is 0.508 e. The molecule has 15 nitrogen and oxygen atoms in total. The van der Waals surface area contributed by atoms with Crippen molar-refractivity contribution >= 4 is 11.0 Å². The number of fused-ring (bicyclic) bond motifs is 1. The number of aliphatic hydroxyl groups is 7. The summed E-state index contributed by atoms with van der Waals surface area (Å²) in [5, 5.41) is 80.8. The summed E-state index contributed by atoms with van der Waals surface area (Å²) < 4.78 is 33.5. The zero-order valence-electron chi connectivity index (χ0n) is 22.7. The quantitative estimate of drug-likeness (QED) is 0.140. The molecule has 2 aliphatic heterocycles. The molecule has 2 saturated heterocycles. The van der Waals surface area contributed by atoms with Crippen LogP contribution in [0.25, 0.3) is 22.3 Å². The number of ether oxygens (including phenoxy) is 5. The number of hydrogen-bond acceptors (Lipinski definition) is 15. The molecule has 0 amide bonds.